The molecule has 0 spiro atoms. The molecule has 2 aliphatic rings. The fourth-order valence-electron chi connectivity index (χ4n) is 7.36. The van der Waals surface area contributed by atoms with Gasteiger partial charge in [-0.25, -0.2) is 4.90 Å². The van der Waals surface area contributed by atoms with Crippen LogP contribution in [0, 0.1) is 0 Å². The maximum Gasteiger partial charge on any atom is 0.411 e. The van der Waals surface area contributed by atoms with Crippen molar-refractivity contribution in [1.29, 1.82) is 0 Å². The third-order valence-electron chi connectivity index (χ3n) is 10.1. The second-order valence-electron chi connectivity index (χ2n) is 14.4. The van der Waals surface area contributed by atoms with Gasteiger partial charge in [-0.05, 0) is 75.7 Å². The van der Waals surface area contributed by atoms with Crippen LogP contribution in [0.1, 0.15) is 90.0 Å². The van der Waals surface area contributed by atoms with E-state index >= 15 is 52.7 Å². The van der Waals surface area contributed by atoms with E-state index < -0.39 is 126 Å². The predicted octanol–water partition coefficient (Wildman–Crippen LogP) is 8.90. The fourth-order valence-corrected chi connectivity index (χ4v) is 7.36. The zero-order chi connectivity index (χ0) is 43.5. The summed E-state index contributed by atoms with van der Waals surface area (Å²) in [7, 11) is 0. The van der Waals surface area contributed by atoms with E-state index in [2.05, 4.69) is 0 Å². The van der Waals surface area contributed by atoms with Gasteiger partial charge in [0.05, 0.1) is 27.9 Å². The molecule has 4 aromatic carbocycles. The number of carbonyl (C=O) groups excluding carboxylic acids is 4. The van der Waals surface area contributed by atoms with Crippen LogP contribution in [0.4, 0.5) is 58.4 Å². The van der Waals surface area contributed by atoms with Crippen LogP contribution in [0.5, 0.6) is 11.5 Å². The Bertz CT molecular complexity index is 2410. The third-order valence-corrected chi connectivity index (χ3v) is 10.1. The van der Waals surface area contributed by atoms with Crippen molar-refractivity contribution in [3.05, 3.63) is 123 Å². The molecule has 2 aliphatic heterocycles. The summed E-state index contributed by atoms with van der Waals surface area (Å²) >= 11 is 0. The van der Waals surface area contributed by atoms with Gasteiger partial charge >= 0.3 is 24.7 Å². The molecule has 0 fully saturated rings. The van der Waals surface area contributed by atoms with Crippen LogP contribution >= 0.6 is 0 Å². The van der Waals surface area contributed by atoms with Crippen molar-refractivity contribution in [3.8, 4) is 11.5 Å². The molecule has 4 amide bonds. The molecule has 0 saturated carbocycles. The number of nitrogens with zero attached hydrogens (tertiary/aromatic N) is 1. The maximum atomic E-state index is 15.1. The smallest absolute Gasteiger partial charge is 0.411 e. The van der Waals surface area contributed by atoms with E-state index in [0.29, 0.717) is 30.3 Å². The van der Waals surface area contributed by atoms with Crippen LogP contribution in [0.15, 0.2) is 72.8 Å². The van der Waals surface area contributed by atoms with Gasteiger partial charge < -0.3 is 10.2 Å². The number of alkyl halides is 12. The first-order valence-corrected chi connectivity index (χ1v) is 16.4. The van der Waals surface area contributed by atoms with E-state index in [1.54, 1.807) is 5.32 Å². The van der Waals surface area contributed by atoms with E-state index in [1.807, 2.05) is 0 Å². The Morgan fingerprint density at radius 2 is 0.845 bits per heavy atom. The number of hydrogen-bond donors (Lipinski definition) is 3. The van der Waals surface area contributed by atoms with Crippen LogP contribution in [-0.4, -0.2) is 58.5 Å². The highest BCUT2D eigenvalue weighted by Gasteiger charge is 2.74. The highest BCUT2D eigenvalue weighted by atomic mass is 19.4. The Labute approximate surface area is 317 Å². The minimum absolute atomic E-state index is 0.00388. The summed E-state index contributed by atoms with van der Waals surface area (Å²) in [5.74, 6) is -7.93. The number of phenols is 2. The molecule has 2 heterocycles. The van der Waals surface area contributed by atoms with E-state index in [9.17, 15) is 29.4 Å². The van der Waals surface area contributed by atoms with Crippen LogP contribution < -0.4 is 10.2 Å². The van der Waals surface area contributed by atoms with Gasteiger partial charge in [-0.2, -0.15) is 52.7 Å². The lowest BCUT2D eigenvalue weighted by Crippen LogP contribution is -2.55. The molecule has 3 N–H and O–H groups in total. The molecule has 0 radical (unpaired) electrons. The van der Waals surface area contributed by atoms with Crippen LogP contribution in [0.2, 0.25) is 0 Å². The molecule has 306 valence electrons. The Hall–Kier alpha value is -6.08. The Balaban J connectivity index is 1.56. The molecule has 0 bridgehead atoms. The van der Waals surface area contributed by atoms with Gasteiger partial charge in [-0.1, -0.05) is 51.1 Å². The summed E-state index contributed by atoms with van der Waals surface area (Å²) in [5.41, 5.74) is -23.3. The average Bonchev–Trinajstić information content (AvgIpc) is 3.49. The second kappa shape index (κ2) is 12.7. The number of rotatable bonds is 5. The minimum Gasteiger partial charge on any atom is -0.508 e. The van der Waals surface area contributed by atoms with E-state index in [4.69, 9.17) is 0 Å². The van der Waals surface area contributed by atoms with Crippen molar-refractivity contribution in [1.82, 2.24) is 5.32 Å². The number of amides is 4. The Kier molecular flexibility index (Phi) is 9.11. The lowest BCUT2D eigenvalue weighted by atomic mass is 9.71. The van der Waals surface area contributed by atoms with Crippen LogP contribution in [0.3, 0.4) is 0 Å². The van der Waals surface area contributed by atoms with Crippen LogP contribution in [0.25, 0.3) is 0 Å². The number of nitrogens with one attached hydrogen (secondary N) is 1. The number of aromatic hydroxyl groups is 2. The molecule has 0 aliphatic carbocycles. The number of phenolic OH excluding ortho intramolecular Hbond substituents is 2. The zero-order valence-corrected chi connectivity index (χ0v) is 29.4. The molecular formula is C38H24F12N2O6. The Morgan fingerprint density at radius 3 is 1.33 bits per heavy atom. The predicted molar refractivity (Wildman–Crippen MR) is 177 cm³/mol. The van der Waals surface area contributed by atoms with Gasteiger partial charge in [-0.15, -0.1) is 0 Å². The van der Waals surface area contributed by atoms with Gasteiger partial charge in [0, 0.05) is 0 Å². The topological polar surface area (TPSA) is 124 Å². The second-order valence-corrected chi connectivity index (χ2v) is 14.4. The van der Waals surface area contributed by atoms with Gasteiger partial charge in [-0.3, -0.25) is 24.5 Å². The summed E-state index contributed by atoms with van der Waals surface area (Å²) in [4.78, 5) is 51.4. The number of imide groups is 2. The number of fused-ring (bicyclic) bond motifs is 2. The summed E-state index contributed by atoms with van der Waals surface area (Å²) in [5, 5.41) is 22.8. The average molecular weight is 833 g/mol. The Morgan fingerprint density at radius 1 is 0.466 bits per heavy atom. The quantitative estimate of drug-likeness (QED) is 0.136. The lowest BCUT2D eigenvalue weighted by Gasteiger charge is -2.39. The van der Waals surface area contributed by atoms with E-state index in [1.165, 1.54) is 20.8 Å². The molecule has 20 heteroatoms. The van der Waals surface area contributed by atoms with Crippen molar-refractivity contribution in [3.63, 3.8) is 0 Å². The highest BCUT2D eigenvalue weighted by molar-refractivity contribution is 6.35. The van der Waals surface area contributed by atoms with Gasteiger partial charge in [0.25, 0.3) is 23.6 Å². The van der Waals surface area contributed by atoms with Crippen molar-refractivity contribution in [2.75, 3.05) is 4.90 Å². The van der Waals surface area contributed by atoms with Crippen molar-refractivity contribution < 1.29 is 82.1 Å². The largest absolute Gasteiger partial charge is 0.508 e. The third kappa shape index (κ3) is 5.77. The van der Waals surface area contributed by atoms with E-state index in [0.717, 1.165) is 0 Å². The molecular weight excluding hydrogens is 808 g/mol. The first-order valence-electron chi connectivity index (χ1n) is 16.4. The monoisotopic (exact) mass is 832 g/mol. The normalized spacial score (nSPS) is 15.5. The number of halogens is 12. The molecule has 0 unspecified atom stereocenters. The molecule has 0 atom stereocenters. The van der Waals surface area contributed by atoms with Gasteiger partial charge in [0.15, 0.2) is 0 Å². The van der Waals surface area contributed by atoms with Crippen LogP contribution in [-0.2, 0) is 16.2 Å². The summed E-state index contributed by atoms with van der Waals surface area (Å²) < 4.78 is 181. The summed E-state index contributed by atoms with van der Waals surface area (Å²) in [6.07, 6.45) is -25.3. The lowest BCUT2D eigenvalue weighted by molar-refractivity contribution is -0.290. The van der Waals surface area contributed by atoms with Crippen molar-refractivity contribution in [2.24, 2.45) is 0 Å². The number of hydrogen-bond acceptors (Lipinski definition) is 6. The standard InChI is InChI=1S/C38H24F12N2O6/c1-32(2,3)24-14-18(6-10-26(24)53)34(37(45,46)47,38(48,49)50)19-7-11-27(54)25(15-19)52-30(57)21-9-5-17(13-23(21)31(52)58)33(35(39,40)41,36(42,43)44)16-4-8-20-22(12-16)29(56)51-28(20)55/h4-15,53-54H,1-3H3,(H,51,55,56). The number of anilines is 1. The molecule has 0 aromatic heterocycles. The van der Waals surface area contributed by atoms with Crippen molar-refractivity contribution in [2.45, 2.75) is 61.7 Å². The van der Waals surface area contributed by atoms with E-state index in [-0.39, 0.29) is 52.9 Å². The highest BCUT2D eigenvalue weighted by Crippen LogP contribution is 2.59. The zero-order valence-electron chi connectivity index (χ0n) is 29.4. The first kappa shape index (κ1) is 41.6. The molecule has 8 nitrogen and oxygen atoms in total. The fraction of sp³-hybridized carbons (Fsp3) is 0.263. The summed E-state index contributed by atoms with van der Waals surface area (Å²) in [6, 6.07) is 3.25. The van der Waals surface area contributed by atoms with Gasteiger partial charge in [0.2, 0.25) is 10.8 Å². The molecule has 4 aromatic rings. The molecule has 58 heavy (non-hydrogen) atoms. The number of benzene rings is 4. The number of carbonyl (C=O) groups is 4. The molecule has 0 saturated heterocycles. The van der Waals surface area contributed by atoms with Gasteiger partial charge in [0.1, 0.15) is 11.5 Å². The van der Waals surface area contributed by atoms with Crippen molar-refractivity contribution >= 4 is 29.3 Å². The molecule has 6 rings (SSSR count). The summed E-state index contributed by atoms with van der Waals surface area (Å²) in [6.45, 7) is 4.13. The SMILES string of the molecule is CC(C)(C)c1cc(C(c2ccc(O)c(N3C(=O)c4ccc(C(c5ccc6c(c5)C(=O)NC6=O)(C(F)(F)F)C(F)(F)F)cc4C3=O)c2)(C(F)(F)F)C(F)(F)F)ccc1O. The minimum atomic E-state index is -6.34. The first-order chi connectivity index (χ1) is 26.4. The maximum absolute atomic E-state index is 15.1.